The lowest BCUT2D eigenvalue weighted by molar-refractivity contribution is -0.113. The van der Waals surface area contributed by atoms with Gasteiger partial charge in [0.2, 0.25) is 0 Å². The van der Waals surface area contributed by atoms with Crippen molar-refractivity contribution in [2.24, 2.45) is 0 Å². The number of ether oxygens (including phenoxy) is 1. The first kappa shape index (κ1) is 18.6. The highest BCUT2D eigenvalue weighted by Gasteiger charge is 2.33. The molecule has 5 nitrogen and oxygen atoms in total. The van der Waals surface area contributed by atoms with Crippen molar-refractivity contribution >= 4 is 67.9 Å². The van der Waals surface area contributed by atoms with Crippen molar-refractivity contribution in [3.8, 4) is 5.75 Å². The number of carboxylic acid groups (broad SMARTS) is 1. The van der Waals surface area contributed by atoms with Crippen LogP contribution in [0.1, 0.15) is 15.9 Å². The van der Waals surface area contributed by atoms with Crippen molar-refractivity contribution in [3.63, 3.8) is 0 Å². The van der Waals surface area contributed by atoms with Crippen molar-refractivity contribution in [1.82, 2.24) is 0 Å². The molecule has 1 aliphatic heterocycles. The van der Waals surface area contributed by atoms with Crippen LogP contribution in [0.4, 0.5) is 5.69 Å². The Kier molecular flexibility index (Phi) is 5.45. The van der Waals surface area contributed by atoms with E-state index in [1.807, 2.05) is 12.1 Å². The number of anilines is 1. The van der Waals surface area contributed by atoms with Gasteiger partial charge in [-0.15, -0.1) is 0 Å². The highest BCUT2D eigenvalue weighted by atomic mass is 79.9. The molecule has 1 N–H and O–H groups in total. The molecular formula is C18H12BrNO4S2. The van der Waals surface area contributed by atoms with Crippen LogP contribution >= 0.6 is 39.9 Å². The summed E-state index contributed by atoms with van der Waals surface area (Å²) in [6.07, 6.45) is 1.76. The lowest BCUT2D eigenvalue weighted by Crippen LogP contribution is -2.27. The average molecular weight is 450 g/mol. The second-order valence-electron chi connectivity index (χ2n) is 5.26. The fraction of sp³-hybridized carbons (Fsp3) is 0.0556. The molecular weight excluding hydrogens is 438 g/mol. The zero-order valence-electron chi connectivity index (χ0n) is 13.4. The highest BCUT2D eigenvalue weighted by Crippen LogP contribution is 2.36. The Balaban J connectivity index is 1.88. The second kappa shape index (κ2) is 7.61. The van der Waals surface area contributed by atoms with E-state index in [2.05, 4.69) is 15.9 Å². The minimum absolute atomic E-state index is 0.151. The van der Waals surface area contributed by atoms with Gasteiger partial charge in [-0.25, -0.2) is 4.79 Å². The number of nitrogens with zero attached hydrogens (tertiary/aromatic N) is 1. The predicted molar refractivity (Wildman–Crippen MR) is 110 cm³/mol. The molecule has 0 aromatic heterocycles. The summed E-state index contributed by atoms with van der Waals surface area (Å²) >= 11 is 9.95. The van der Waals surface area contributed by atoms with Crippen molar-refractivity contribution < 1.29 is 19.4 Å². The molecule has 0 saturated carbocycles. The van der Waals surface area contributed by atoms with E-state index in [9.17, 15) is 9.59 Å². The van der Waals surface area contributed by atoms with Gasteiger partial charge in [-0.1, -0.05) is 30.0 Å². The molecule has 0 atom stereocenters. The van der Waals surface area contributed by atoms with E-state index in [1.165, 1.54) is 28.8 Å². The summed E-state index contributed by atoms with van der Waals surface area (Å²) in [6.45, 7) is 0. The number of thiocarbonyl (C=S) groups is 1. The number of amides is 1. The molecule has 0 radical (unpaired) electrons. The third kappa shape index (κ3) is 3.67. The molecule has 2 aromatic carbocycles. The van der Waals surface area contributed by atoms with E-state index in [0.29, 0.717) is 20.7 Å². The topological polar surface area (TPSA) is 66.8 Å². The van der Waals surface area contributed by atoms with Crippen LogP contribution in [0, 0.1) is 0 Å². The monoisotopic (exact) mass is 449 g/mol. The number of carbonyl (C=O) groups excluding carboxylic acids is 1. The lowest BCUT2D eigenvalue weighted by Gasteiger charge is -2.14. The molecule has 2 aromatic rings. The Labute approximate surface area is 167 Å². The molecule has 0 bridgehead atoms. The molecule has 1 fully saturated rings. The molecule has 0 aliphatic carbocycles. The van der Waals surface area contributed by atoms with E-state index < -0.39 is 5.97 Å². The van der Waals surface area contributed by atoms with E-state index in [4.69, 9.17) is 22.1 Å². The van der Waals surface area contributed by atoms with Crippen LogP contribution in [0.15, 0.2) is 51.8 Å². The zero-order valence-corrected chi connectivity index (χ0v) is 16.7. The molecule has 1 saturated heterocycles. The molecule has 26 heavy (non-hydrogen) atoms. The third-order valence-corrected chi connectivity index (χ3v) is 5.56. The van der Waals surface area contributed by atoms with E-state index in [0.717, 1.165) is 10.0 Å². The van der Waals surface area contributed by atoms with Gasteiger partial charge in [0.15, 0.2) is 4.32 Å². The van der Waals surface area contributed by atoms with Crippen LogP contribution in [-0.2, 0) is 4.79 Å². The SMILES string of the molecule is COc1ccc(/C=C2/SC(=S)N(c3ccc(C(=O)O)cc3)C2=O)cc1Br. The van der Waals surface area contributed by atoms with Crippen molar-refractivity contribution in [2.45, 2.75) is 0 Å². The summed E-state index contributed by atoms with van der Waals surface area (Å²) in [5.41, 5.74) is 1.52. The highest BCUT2D eigenvalue weighted by molar-refractivity contribution is 9.10. The Morgan fingerprint density at radius 2 is 1.96 bits per heavy atom. The minimum Gasteiger partial charge on any atom is -0.496 e. The Hall–Kier alpha value is -2.16. The number of hydrogen-bond donors (Lipinski definition) is 1. The number of halogens is 1. The fourth-order valence-electron chi connectivity index (χ4n) is 2.37. The average Bonchev–Trinajstić information content (AvgIpc) is 2.89. The van der Waals surface area contributed by atoms with Gasteiger partial charge >= 0.3 is 5.97 Å². The minimum atomic E-state index is -1.02. The zero-order chi connectivity index (χ0) is 18.8. The second-order valence-corrected chi connectivity index (χ2v) is 7.79. The Morgan fingerprint density at radius 1 is 1.27 bits per heavy atom. The van der Waals surface area contributed by atoms with Crippen molar-refractivity contribution in [1.29, 1.82) is 0 Å². The van der Waals surface area contributed by atoms with Gasteiger partial charge in [0.05, 0.1) is 27.7 Å². The Morgan fingerprint density at radius 3 is 2.54 bits per heavy atom. The van der Waals surface area contributed by atoms with E-state index in [1.54, 1.807) is 31.4 Å². The van der Waals surface area contributed by atoms with Gasteiger partial charge in [-0.05, 0) is 64.0 Å². The van der Waals surface area contributed by atoms with Crippen LogP contribution in [0.5, 0.6) is 5.75 Å². The van der Waals surface area contributed by atoms with E-state index in [-0.39, 0.29) is 11.5 Å². The maximum atomic E-state index is 12.7. The number of hydrogen-bond acceptors (Lipinski definition) is 5. The first-order chi connectivity index (χ1) is 12.4. The maximum Gasteiger partial charge on any atom is 0.335 e. The van der Waals surface area contributed by atoms with Gasteiger partial charge in [0.1, 0.15) is 5.75 Å². The summed E-state index contributed by atoms with van der Waals surface area (Å²) in [5, 5.41) is 8.98. The number of carbonyl (C=O) groups is 2. The quantitative estimate of drug-likeness (QED) is 0.544. The van der Waals surface area contributed by atoms with Crippen LogP contribution in [-0.4, -0.2) is 28.4 Å². The number of benzene rings is 2. The number of rotatable bonds is 4. The van der Waals surface area contributed by atoms with Gasteiger partial charge in [0, 0.05) is 0 Å². The summed E-state index contributed by atoms with van der Waals surface area (Å²) < 4.78 is 6.38. The smallest absolute Gasteiger partial charge is 0.335 e. The number of methoxy groups -OCH3 is 1. The summed E-state index contributed by atoms with van der Waals surface area (Å²) in [7, 11) is 1.58. The molecule has 3 rings (SSSR count). The number of thioether (sulfide) groups is 1. The van der Waals surface area contributed by atoms with Crippen LogP contribution in [0.3, 0.4) is 0 Å². The molecule has 1 amide bonds. The van der Waals surface area contributed by atoms with Gasteiger partial charge in [-0.3, -0.25) is 9.69 Å². The Bertz CT molecular complexity index is 941. The lowest BCUT2D eigenvalue weighted by atomic mass is 10.2. The molecule has 132 valence electrons. The number of carboxylic acids is 1. The first-order valence-corrected chi connectivity index (χ1v) is 9.37. The van der Waals surface area contributed by atoms with E-state index >= 15 is 0 Å². The predicted octanol–water partition coefficient (Wildman–Crippen LogP) is 4.56. The summed E-state index contributed by atoms with van der Waals surface area (Å²) in [5.74, 6) is -0.560. The number of aromatic carboxylic acids is 1. The fourth-order valence-corrected chi connectivity index (χ4v) is 4.22. The normalized spacial score (nSPS) is 15.6. The summed E-state index contributed by atoms with van der Waals surface area (Å²) in [4.78, 5) is 25.6. The first-order valence-electron chi connectivity index (χ1n) is 7.35. The maximum absolute atomic E-state index is 12.7. The molecule has 0 spiro atoms. The third-order valence-electron chi connectivity index (χ3n) is 3.64. The van der Waals surface area contributed by atoms with Crippen LogP contribution < -0.4 is 9.64 Å². The van der Waals surface area contributed by atoms with Crippen LogP contribution in [0.2, 0.25) is 0 Å². The molecule has 0 unspecified atom stereocenters. The van der Waals surface area contributed by atoms with Crippen molar-refractivity contribution in [3.05, 3.63) is 63.0 Å². The standard InChI is InChI=1S/C18H12BrNO4S2/c1-24-14-7-2-10(8-13(14)19)9-15-16(21)20(18(25)26-15)12-5-3-11(4-6-12)17(22)23/h2-9H,1H3,(H,22,23)/b15-9+. The molecule has 1 aliphatic rings. The van der Waals surface area contributed by atoms with Crippen molar-refractivity contribution in [2.75, 3.05) is 12.0 Å². The van der Waals surface area contributed by atoms with Gasteiger partial charge < -0.3 is 9.84 Å². The largest absolute Gasteiger partial charge is 0.496 e. The molecule has 1 heterocycles. The summed E-state index contributed by atoms with van der Waals surface area (Å²) in [6, 6.07) is 11.5. The molecule has 8 heteroatoms. The van der Waals surface area contributed by atoms with Crippen LogP contribution in [0.25, 0.3) is 6.08 Å². The van der Waals surface area contributed by atoms with Gasteiger partial charge in [0.25, 0.3) is 5.91 Å². The van der Waals surface area contributed by atoms with Gasteiger partial charge in [-0.2, -0.15) is 0 Å².